The van der Waals surface area contributed by atoms with E-state index >= 15 is 0 Å². The third kappa shape index (κ3) is 2.33. The Kier molecular flexibility index (Phi) is 3.16. The van der Waals surface area contributed by atoms with E-state index in [4.69, 9.17) is 0 Å². The molecule has 1 fully saturated rings. The number of hydrogen-bond donors (Lipinski definition) is 0. The fraction of sp³-hybridized carbons (Fsp3) is 0.353. The van der Waals surface area contributed by atoms with E-state index in [0.29, 0.717) is 24.9 Å². The molecule has 0 saturated carbocycles. The van der Waals surface area contributed by atoms with Gasteiger partial charge in [-0.15, -0.1) is 5.10 Å². The normalized spacial score (nSPS) is 19.6. The second kappa shape index (κ2) is 5.51. The van der Waals surface area contributed by atoms with E-state index in [9.17, 15) is 4.79 Å². The van der Waals surface area contributed by atoms with Gasteiger partial charge in [-0.2, -0.15) is 4.98 Å². The third-order valence-electron chi connectivity index (χ3n) is 4.92. The largest absolute Gasteiger partial charge is 0.365 e. The van der Waals surface area contributed by atoms with E-state index in [1.54, 1.807) is 24.7 Å². The molecule has 3 aromatic rings. The summed E-state index contributed by atoms with van der Waals surface area (Å²) in [6.07, 6.45) is 7.38. The van der Waals surface area contributed by atoms with Crippen molar-refractivity contribution < 1.29 is 4.79 Å². The fourth-order valence-corrected chi connectivity index (χ4v) is 3.77. The lowest BCUT2D eigenvalue weighted by Gasteiger charge is -2.26. The Hall–Kier alpha value is -3.03. The highest BCUT2D eigenvalue weighted by molar-refractivity contribution is 5.91. The van der Waals surface area contributed by atoms with Crippen LogP contribution in [0.2, 0.25) is 0 Å². The molecule has 25 heavy (non-hydrogen) atoms. The molecule has 3 aromatic heterocycles. The van der Waals surface area contributed by atoms with Gasteiger partial charge in [0.25, 0.3) is 11.7 Å². The van der Waals surface area contributed by atoms with Gasteiger partial charge in [-0.1, -0.05) is 0 Å². The Morgan fingerprint density at radius 1 is 1.20 bits per heavy atom. The Morgan fingerprint density at radius 2 is 2.12 bits per heavy atom. The van der Waals surface area contributed by atoms with Crippen LogP contribution in [-0.2, 0) is 6.54 Å². The zero-order chi connectivity index (χ0) is 16.8. The van der Waals surface area contributed by atoms with E-state index in [2.05, 4.69) is 31.0 Å². The van der Waals surface area contributed by atoms with Crippen molar-refractivity contribution >= 4 is 17.4 Å². The van der Waals surface area contributed by atoms with Crippen molar-refractivity contribution in [3.8, 4) is 0 Å². The summed E-state index contributed by atoms with van der Waals surface area (Å²) in [5.74, 6) is 0.445. The second-order valence-electron chi connectivity index (χ2n) is 6.44. The molecule has 2 aliphatic rings. The standard InChI is InChI=1S/C17H17N7O/c25-16(15-20-17-19-7-3-9-24(17)21-15)22-10-12-4-2-8-23(12)14-5-1-6-18-13(14)11-22/h1,3,5-7,9,12H,2,4,8,10-11H2/t12-/m0/s1. The van der Waals surface area contributed by atoms with Gasteiger partial charge in [0, 0.05) is 37.7 Å². The molecule has 8 heteroatoms. The van der Waals surface area contributed by atoms with Crippen molar-refractivity contribution in [2.45, 2.75) is 25.4 Å². The van der Waals surface area contributed by atoms with Crippen molar-refractivity contribution in [1.82, 2.24) is 29.5 Å². The van der Waals surface area contributed by atoms with Gasteiger partial charge in [0.15, 0.2) is 0 Å². The van der Waals surface area contributed by atoms with Crippen molar-refractivity contribution in [2.24, 2.45) is 0 Å². The number of anilines is 1. The quantitative estimate of drug-likeness (QED) is 0.664. The van der Waals surface area contributed by atoms with Gasteiger partial charge < -0.3 is 9.80 Å². The molecule has 0 aromatic carbocycles. The zero-order valence-corrected chi connectivity index (χ0v) is 13.6. The average Bonchev–Trinajstić information content (AvgIpc) is 3.24. The summed E-state index contributed by atoms with van der Waals surface area (Å²) in [6.45, 7) is 2.16. The van der Waals surface area contributed by atoms with Crippen LogP contribution in [0.5, 0.6) is 0 Å². The first-order chi connectivity index (χ1) is 12.3. The molecule has 0 bridgehead atoms. The van der Waals surface area contributed by atoms with E-state index in [0.717, 1.165) is 30.8 Å². The first kappa shape index (κ1) is 14.3. The van der Waals surface area contributed by atoms with Crippen molar-refractivity contribution in [3.63, 3.8) is 0 Å². The summed E-state index contributed by atoms with van der Waals surface area (Å²) in [7, 11) is 0. The number of nitrogens with zero attached hydrogens (tertiary/aromatic N) is 7. The van der Waals surface area contributed by atoms with E-state index in [1.807, 2.05) is 11.0 Å². The Bertz CT molecular complexity index is 920. The molecule has 0 spiro atoms. The van der Waals surface area contributed by atoms with E-state index < -0.39 is 0 Å². The number of hydrogen-bond acceptors (Lipinski definition) is 6. The molecule has 1 saturated heterocycles. The lowest BCUT2D eigenvalue weighted by Crippen LogP contribution is -2.40. The highest BCUT2D eigenvalue weighted by Gasteiger charge is 2.34. The number of carbonyl (C=O) groups excluding carboxylic acids is 1. The maximum absolute atomic E-state index is 13.0. The number of pyridine rings is 1. The van der Waals surface area contributed by atoms with E-state index in [1.165, 1.54) is 4.52 Å². The van der Waals surface area contributed by atoms with Crippen LogP contribution in [0.25, 0.3) is 5.78 Å². The van der Waals surface area contributed by atoms with Crippen LogP contribution in [0, 0.1) is 0 Å². The Morgan fingerprint density at radius 3 is 3.04 bits per heavy atom. The lowest BCUT2D eigenvalue weighted by molar-refractivity contribution is 0.0724. The molecule has 0 aliphatic carbocycles. The van der Waals surface area contributed by atoms with Gasteiger partial charge in [-0.3, -0.25) is 9.78 Å². The maximum atomic E-state index is 13.0. The molecular weight excluding hydrogens is 318 g/mol. The minimum absolute atomic E-state index is 0.171. The molecule has 1 atom stereocenters. The number of rotatable bonds is 1. The van der Waals surface area contributed by atoms with Gasteiger partial charge >= 0.3 is 0 Å². The molecule has 0 N–H and O–H groups in total. The minimum atomic E-state index is -0.171. The van der Waals surface area contributed by atoms with Crippen LogP contribution >= 0.6 is 0 Å². The maximum Gasteiger partial charge on any atom is 0.294 e. The van der Waals surface area contributed by atoms with Crippen molar-refractivity contribution in [2.75, 3.05) is 18.0 Å². The Balaban J connectivity index is 1.52. The fourth-order valence-electron chi connectivity index (χ4n) is 3.77. The summed E-state index contributed by atoms with van der Waals surface area (Å²) in [5.41, 5.74) is 2.08. The Labute approximate surface area is 144 Å². The van der Waals surface area contributed by atoms with Gasteiger partial charge in [0.1, 0.15) is 0 Å². The van der Waals surface area contributed by atoms with Gasteiger partial charge in [0.2, 0.25) is 5.82 Å². The van der Waals surface area contributed by atoms with Gasteiger partial charge in [-0.05, 0) is 31.0 Å². The van der Waals surface area contributed by atoms with Gasteiger partial charge in [0.05, 0.1) is 17.9 Å². The van der Waals surface area contributed by atoms with Crippen molar-refractivity contribution in [1.29, 1.82) is 0 Å². The van der Waals surface area contributed by atoms with Crippen LogP contribution in [0.4, 0.5) is 5.69 Å². The number of fused-ring (bicyclic) bond motifs is 4. The van der Waals surface area contributed by atoms with Crippen LogP contribution in [-0.4, -0.2) is 54.5 Å². The van der Waals surface area contributed by atoms with Crippen molar-refractivity contribution in [3.05, 3.63) is 48.3 Å². The summed E-state index contributed by atoms with van der Waals surface area (Å²) < 4.78 is 1.53. The first-order valence-corrected chi connectivity index (χ1v) is 8.47. The molecule has 5 rings (SSSR count). The van der Waals surface area contributed by atoms with Crippen LogP contribution < -0.4 is 4.90 Å². The highest BCUT2D eigenvalue weighted by atomic mass is 16.2. The summed E-state index contributed by atoms with van der Waals surface area (Å²) >= 11 is 0. The van der Waals surface area contributed by atoms with Crippen LogP contribution in [0.3, 0.4) is 0 Å². The monoisotopic (exact) mass is 335 g/mol. The minimum Gasteiger partial charge on any atom is -0.365 e. The lowest BCUT2D eigenvalue weighted by atomic mass is 10.2. The number of carbonyl (C=O) groups is 1. The first-order valence-electron chi connectivity index (χ1n) is 8.47. The SMILES string of the molecule is O=C(c1nc2ncccn2n1)N1Cc2ncccc2N2CCC[C@H]2C1. The summed E-state index contributed by atoms with van der Waals surface area (Å²) in [4.78, 5) is 30.2. The molecule has 2 aliphatic heterocycles. The molecule has 1 amide bonds. The number of aromatic nitrogens is 5. The average molecular weight is 335 g/mol. The predicted octanol–water partition coefficient (Wildman–Crippen LogP) is 1.14. The molecule has 0 unspecified atom stereocenters. The molecule has 5 heterocycles. The second-order valence-corrected chi connectivity index (χ2v) is 6.44. The zero-order valence-electron chi connectivity index (χ0n) is 13.6. The van der Waals surface area contributed by atoms with Gasteiger partial charge in [-0.25, -0.2) is 9.50 Å². The predicted molar refractivity (Wildman–Crippen MR) is 90.1 cm³/mol. The summed E-state index contributed by atoms with van der Waals surface area (Å²) in [5, 5.41) is 4.28. The third-order valence-corrected chi connectivity index (χ3v) is 4.92. The summed E-state index contributed by atoms with van der Waals surface area (Å²) in [6, 6.07) is 6.14. The number of amides is 1. The van der Waals surface area contributed by atoms with Crippen LogP contribution in [0.1, 0.15) is 29.2 Å². The van der Waals surface area contributed by atoms with Crippen LogP contribution in [0.15, 0.2) is 36.8 Å². The smallest absolute Gasteiger partial charge is 0.294 e. The van der Waals surface area contributed by atoms with E-state index in [-0.39, 0.29) is 11.7 Å². The molecular formula is C17H17N7O. The molecule has 0 radical (unpaired) electrons. The topological polar surface area (TPSA) is 79.5 Å². The molecule has 126 valence electrons. The highest BCUT2D eigenvalue weighted by Crippen LogP contribution is 2.32. The molecule has 8 nitrogen and oxygen atoms in total.